The zero-order valence-corrected chi connectivity index (χ0v) is 9.62. The van der Waals surface area contributed by atoms with Crippen LogP contribution >= 0.6 is 11.6 Å². The minimum atomic E-state index is -0.447. The van der Waals surface area contributed by atoms with E-state index in [1.54, 1.807) is 24.3 Å². The molecule has 2 rings (SSSR count). The van der Waals surface area contributed by atoms with Gasteiger partial charge in [-0.15, -0.1) is 0 Å². The molecular weight excluding hydrogens is 243 g/mol. The van der Waals surface area contributed by atoms with Crippen molar-refractivity contribution in [3.63, 3.8) is 0 Å². The summed E-state index contributed by atoms with van der Waals surface area (Å²) in [6.07, 6.45) is 1.07. The van der Waals surface area contributed by atoms with E-state index in [0.717, 1.165) is 6.20 Å². The number of pyridine rings is 1. The number of nitrogens with two attached hydrogens (primary N) is 1. The van der Waals surface area contributed by atoms with Gasteiger partial charge >= 0.3 is 0 Å². The molecule has 1 heterocycles. The maximum atomic E-state index is 13.0. The van der Waals surface area contributed by atoms with E-state index < -0.39 is 5.82 Å². The molecule has 0 bridgehead atoms. The zero-order valence-electron chi connectivity index (χ0n) is 8.86. The molecule has 17 heavy (non-hydrogen) atoms. The fraction of sp³-hybridized carbons (Fsp3) is 0.0833. The third-order valence-corrected chi connectivity index (χ3v) is 2.47. The third-order valence-electron chi connectivity index (χ3n) is 2.16. The number of para-hydroxylation sites is 1. The van der Waals surface area contributed by atoms with E-state index in [2.05, 4.69) is 4.98 Å². The summed E-state index contributed by atoms with van der Waals surface area (Å²) >= 11 is 5.94. The molecule has 5 heteroatoms. The van der Waals surface area contributed by atoms with Gasteiger partial charge in [0.25, 0.3) is 0 Å². The molecule has 2 N–H and O–H groups in total. The minimum Gasteiger partial charge on any atom is -0.437 e. The Morgan fingerprint density at radius 3 is 2.82 bits per heavy atom. The van der Waals surface area contributed by atoms with Gasteiger partial charge in [0, 0.05) is 12.1 Å². The molecule has 1 aromatic heterocycles. The van der Waals surface area contributed by atoms with Crippen LogP contribution in [0.2, 0.25) is 5.02 Å². The Morgan fingerprint density at radius 1 is 1.35 bits per heavy atom. The predicted octanol–water partition coefficient (Wildman–Crippen LogP) is 3.13. The highest BCUT2D eigenvalue weighted by Gasteiger charge is 2.08. The van der Waals surface area contributed by atoms with Crippen LogP contribution in [0, 0.1) is 5.82 Å². The van der Waals surface area contributed by atoms with Crippen LogP contribution in [-0.2, 0) is 6.54 Å². The molecular formula is C12H10ClFN2O. The number of aromatic nitrogens is 1. The highest BCUT2D eigenvalue weighted by Crippen LogP contribution is 2.29. The third kappa shape index (κ3) is 2.72. The van der Waals surface area contributed by atoms with Gasteiger partial charge in [-0.2, -0.15) is 0 Å². The number of nitrogens with zero attached hydrogens (tertiary/aromatic N) is 1. The lowest BCUT2D eigenvalue weighted by Gasteiger charge is -2.09. The molecule has 0 saturated heterocycles. The van der Waals surface area contributed by atoms with Crippen molar-refractivity contribution in [3.05, 3.63) is 52.9 Å². The van der Waals surface area contributed by atoms with E-state index in [9.17, 15) is 4.39 Å². The standard InChI is InChI=1S/C12H10ClFN2O/c13-10-3-1-2-4-11(10)17-12-8(6-15)5-9(14)7-16-12/h1-5,7H,6,15H2. The molecule has 88 valence electrons. The van der Waals surface area contributed by atoms with Gasteiger partial charge in [0.2, 0.25) is 5.88 Å². The number of rotatable bonds is 3. The Bertz CT molecular complexity index is 534. The zero-order chi connectivity index (χ0) is 12.3. The molecule has 3 nitrogen and oxygen atoms in total. The lowest BCUT2D eigenvalue weighted by molar-refractivity contribution is 0.452. The Hall–Kier alpha value is -1.65. The second-order valence-corrected chi connectivity index (χ2v) is 3.76. The molecule has 0 aliphatic heterocycles. The highest BCUT2D eigenvalue weighted by atomic mass is 35.5. The summed E-state index contributed by atoms with van der Waals surface area (Å²) in [5, 5.41) is 0.460. The smallest absolute Gasteiger partial charge is 0.223 e. The van der Waals surface area contributed by atoms with Gasteiger partial charge in [0.05, 0.1) is 11.2 Å². The van der Waals surface area contributed by atoms with Crippen molar-refractivity contribution < 1.29 is 9.13 Å². The van der Waals surface area contributed by atoms with Crippen LogP contribution in [0.3, 0.4) is 0 Å². The molecule has 0 aliphatic rings. The fourth-order valence-corrected chi connectivity index (χ4v) is 1.51. The SMILES string of the molecule is NCc1cc(F)cnc1Oc1ccccc1Cl. The van der Waals surface area contributed by atoms with Gasteiger partial charge < -0.3 is 10.5 Å². The van der Waals surface area contributed by atoms with Gasteiger partial charge in [0.15, 0.2) is 0 Å². The topological polar surface area (TPSA) is 48.1 Å². The second-order valence-electron chi connectivity index (χ2n) is 3.35. The van der Waals surface area contributed by atoms with Gasteiger partial charge in [-0.05, 0) is 18.2 Å². The summed E-state index contributed by atoms with van der Waals surface area (Å²) in [7, 11) is 0. The molecule has 0 atom stereocenters. The number of halogens is 2. The van der Waals surface area contributed by atoms with Gasteiger partial charge in [-0.1, -0.05) is 23.7 Å². The summed E-state index contributed by atoms with van der Waals surface area (Å²) < 4.78 is 18.4. The van der Waals surface area contributed by atoms with E-state index in [0.29, 0.717) is 16.3 Å². The summed E-state index contributed by atoms with van der Waals surface area (Å²) in [4.78, 5) is 3.85. The van der Waals surface area contributed by atoms with Crippen molar-refractivity contribution >= 4 is 11.6 Å². The van der Waals surface area contributed by atoms with Gasteiger partial charge in [0.1, 0.15) is 11.6 Å². The Kier molecular flexibility index (Phi) is 3.56. The normalized spacial score (nSPS) is 10.3. The van der Waals surface area contributed by atoms with Crippen molar-refractivity contribution in [1.29, 1.82) is 0 Å². The number of benzene rings is 1. The molecule has 1 aromatic carbocycles. The van der Waals surface area contributed by atoms with E-state index in [1.807, 2.05) is 0 Å². The van der Waals surface area contributed by atoms with E-state index >= 15 is 0 Å². The van der Waals surface area contributed by atoms with Crippen LogP contribution in [0.1, 0.15) is 5.56 Å². The van der Waals surface area contributed by atoms with Crippen LogP contribution in [0.5, 0.6) is 11.6 Å². The van der Waals surface area contributed by atoms with Crippen molar-refractivity contribution in [2.75, 3.05) is 0 Å². The molecule has 0 radical (unpaired) electrons. The average molecular weight is 253 g/mol. The molecule has 0 fully saturated rings. The monoisotopic (exact) mass is 252 g/mol. The van der Waals surface area contributed by atoms with Crippen LogP contribution < -0.4 is 10.5 Å². The quantitative estimate of drug-likeness (QED) is 0.913. The minimum absolute atomic E-state index is 0.143. The molecule has 2 aromatic rings. The largest absolute Gasteiger partial charge is 0.437 e. The van der Waals surface area contributed by atoms with E-state index in [1.165, 1.54) is 6.07 Å². The molecule has 0 aliphatic carbocycles. The van der Waals surface area contributed by atoms with Gasteiger partial charge in [-0.25, -0.2) is 9.37 Å². The highest BCUT2D eigenvalue weighted by molar-refractivity contribution is 6.32. The first-order chi connectivity index (χ1) is 8.20. The maximum absolute atomic E-state index is 13.0. The van der Waals surface area contributed by atoms with Crippen molar-refractivity contribution in [2.45, 2.75) is 6.54 Å². The summed E-state index contributed by atoms with van der Waals surface area (Å²) in [6, 6.07) is 8.26. The predicted molar refractivity (Wildman–Crippen MR) is 63.6 cm³/mol. The lowest BCUT2D eigenvalue weighted by atomic mass is 10.2. The van der Waals surface area contributed by atoms with Crippen LogP contribution in [0.4, 0.5) is 4.39 Å². The molecule has 0 amide bonds. The Morgan fingerprint density at radius 2 is 2.12 bits per heavy atom. The van der Waals surface area contributed by atoms with E-state index in [-0.39, 0.29) is 12.4 Å². The maximum Gasteiger partial charge on any atom is 0.223 e. The first-order valence-electron chi connectivity index (χ1n) is 4.97. The Labute approximate surface area is 103 Å². The lowest BCUT2D eigenvalue weighted by Crippen LogP contribution is -2.02. The number of hydrogen-bond donors (Lipinski definition) is 1. The molecule has 0 saturated carbocycles. The molecule has 0 spiro atoms. The summed E-state index contributed by atoms with van der Waals surface area (Å²) in [6.45, 7) is 0.143. The second kappa shape index (κ2) is 5.12. The van der Waals surface area contributed by atoms with E-state index in [4.69, 9.17) is 22.1 Å². The van der Waals surface area contributed by atoms with Gasteiger partial charge in [-0.3, -0.25) is 0 Å². The van der Waals surface area contributed by atoms with Crippen LogP contribution in [0.15, 0.2) is 36.5 Å². The van der Waals surface area contributed by atoms with Crippen LogP contribution in [-0.4, -0.2) is 4.98 Å². The number of hydrogen-bond acceptors (Lipinski definition) is 3. The first kappa shape index (κ1) is 11.8. The fourth-order valence-electron chi connectivity index (χ4n) is 1.34. The summed E-state index contributed by atoms with van der Waals surface area (Å²) in [5.74, 6) is 0.280. The van der Waals surface area contributed by atoms with Crippen molar-refractivity contribution in [2.24, 2.45) is 5.73 Å². The Balaban J connectivity index is 2.33. The van der Waals surface area contributed by atoms with Crippen molar-refractivity contribution in [1.82, 2.24) is 4.98 Å². The van der Waals surface area contributed by atoms with Crippen LogP contribution in [0.25, 0.3) is 0 Å². The summed E-state index contributed by atoms with van der Waals surface area (Å²) in [5.41, 5.74) is 5.98. The number of ether oxygens (including phenoxy) is 1. The molecule has 0 unspecified atom stereocenters. The average Bonchev–Trinajstić information content (AvgIpc) is 2.34. The first-order valence-corrected chi connectivity index (χ1v) is 5.35. The van der Waals surface area contributed by atoms with Crippen molar-refractivity contribution in [3.8, 4) is 11.6 Å².